The molecule has 0 bridgehead atoms. The highest BCUT2D eigenvalue weighted by atomic mass is 32.2. The second-order valence-corrected chi connectivity index (χ2v) is 8.29. The average Bonchev–Trinajstić information content (AvgIpc) is 2.37. The molecule has 5 heteroatoms. The van der Waals surface area contributed by atoms with Gasteiger partial charge in [0.2, 0.25) is 0 Å². The van der Waals surface area contributed by atoms with Gasteiger partial charge in [0, 0.05) is 19.3 Å². The molecule has 0 saturated carbocycles. The van der Waals surface area contributed by atoms with Gasteiger partial charge >= 0.3 is 0 Å². The van der Waals surface area contributed by atoms with Crippen LogP contribution in [0.3, 0.4) is 0 Å². The summed E-state index contributed by atoms with van der Waals surface area (Å²) in [7, 11) is -3.25. The van der Waals surface area contributed by atoms with E-state index in [1.807, 2.05) is 18.2 Å². The summed E-state index contributed by atoms with van der Waals surface area (Å²) in [5, 5.41) is 0. The van der Waals surface area contributed by atoms with Crippen LogP contribution in [-0.2, 0) is 20.0 Å². The maximum Gasteiger partial charge on any atom is 0.177 e. The van der Waals surface area contributed by atoms with Crippen LogP contribution in [0.2, 0.25) is 0 Å². The second kappa shape index (κ2) is 5.37. The van der Waals surface area contributed by atoms with Gasteiger partial charge in [-0.05, 0) is 23.1 Å². The lowest BCUT2D eigenvalue weighted by atomic mass is 9.87. The number of nitrogens with zero attached hydrogens (tertiary/aromatic N) is 1. The van der Waals surface area contributed by atoms with Crippen LogP contribution in [0.1, 0.15) is 26.3 Å². The van der Waals surface area contributed by atoms with Crippen LogP contribution >= 0.6 is 0 Å². The zero-order valence-corrected chi connectivity index (χ0v) is 13.5. The fourth-order valence-corrected chi connectivity index (χ4v) is 3.26. The van der Waals surface area contributed by atoms with Crippen molar-refractivity contribution in [3.8, 4) is 0 Å². The van der Waals surface area contributed by atoms with Gasteiger partial charge in [0.25, 0.3) is 0 Å². The minimum absolute atomic E-state index is 0.0665. The van der Waals surface area contributed by atoms with E-state index in [1.165, 1.54) is 6.26 Å². The molecule has 4 nitrogen and oxygen atoms in total. The predicted molar refractivity (Wildman–Crippen MR) is 81.3 cm³/mol. The lowest BCUT2D eigenvalue weighted by Crippen LogP contribution is -2.37. The molecule has 1 fully saturated rings. The molecule has 1 aromatic rings. The summed E-state index contributed by atoms with van der Waals surface area (Å²) in [6.07, 6.45) is 1.28. The third-order valence-corrected chi connectivity index (χ3v) is 4.70. The van der Waals surface area contributed by atoms with Crippen LogP contribution in [0.25, 0.3) is 0 Å². The minimum atomic E-state index is -3.25. The average molecular weight is 297 g/mol. The Bertz CT molecular complexity index is 582. The van der Waals surface area contributed by atoms with Crippen molar-refractivity contribution in [2.75, 3.05) is 37.5 Å². The number of benzene rings is 1. The third-order valence-electron chi connectivity index (χ3n) is 3.58. The highest BCUT2D eigenvalue weighted by Crippen LogP contribution is 2.31. The van der Waals surface area contributed by atoms with Crippen LogP contribution in [0, 0.1) is 0 Å². The quantitative estimate of drug-likeness (QED) is 0.840. The van der Waals surface area contributed by atoms with E-state index >= 15 is 0 Å². The summed E-state index contributed by atoms with van der Waals surface area (Å²) in [6, 6.07) is 5.78. The van der Waals surface area contributed by atoms with Crippen molar-refractivity contribution in [3.63, 3.8) is 0 Å². The minimum Gasteiger partial charge on any atom is -0.378 e. The molecule has 0 N–H and O–H groups in total. The summed E-state index contributed by atoms with van der Waals surface area (Å²) < 4.78 is 29.6. The van der Waals surface area contributed by atoms with E-state index in [0.29, 0.717) is 18.1 Å². The molecule has 0 aliphatic carbocycles. The highest BCUT2D eigenvalue weighted by Gasteiger charge is 2.23. The highest BCUT2D eigenvalue weighted by molar-refractivity contribution is 7.90. The van der Waals surface area contributed by atoms with Gasteiger partial charge in [0.05, 0.1) is 23.8 Å². The molecule has 2 rings (SSSR count). The summed E-state index contributed by atoms with van der Waals surface area (Å²) in [5.41, 5.74) is 1.77. The van der Waals surface area contributed by atoms with Crippen LogP contribution < -0.4 is 4.90 Å². The number of anilines is 1. The molecule has 0 atom stereocenters. The van der Waals surface area contributed by atoms with Crippen molar-refractivity contribution in [1.29, 1.82) is 0 Å². The topological polar surface area (TPSA) is 46.6 Å². The summed E-state index contributed by atoms with van der Waals surface area (Å²) in [5.74, 6) is 0. The zero-order chi connectivity index (χ0) is 15.0. The van der Waals surface area contributed by atoms with Gasteiger partial charge in [-0.2, -0.15) is 0 Å². The predicted octanol–water partition coefficient (Wildman–Crippen LogP) is 2.22. The Hall–Kier alpha value is -1.07. The number of rotatable bonds is 2. The first-order valence-electron chi connectivity index (χ1n) is 6.87. The van der Waals surface area contributed by atoms with Gasteiger partial charge in [-0.15, -0.1) is 0 Å². The number of hydrogen-bond donors (Lipinski definition) is 0. The normalized spacial score (nSPS) is 17.3. The first-order valence-corrected chi connectivity index (χ1v) is 8.76. The molecule has 112 valence electrons. The lowest BCUT2D eigenvalue weighted by molar-refractivity contribution is 0.122. The fraction of sp³-hybridized carbons (Fsp3) is 0.600. The SMILES string of the molecule is CC(C)(C)c1ccc(N2CCOCC2)c(S(C)(=O)=O)c1. The van der Waals surface area contributed by atoms with Gasteiger partial charge < -0.3 is 9.64 Å². The van der Waals surface area contributed by atoms with E-state index in [9.17, 15) is 8.42 Å². The standard InChI is InChI=1S/C15H23NO3S/c1-15(2,3)12-5-6-13(14(11-12)20(4,17)18)16-7-9-19-10-8-16/h5-6,11H,7-10H2,1-4H3. The Balaban J connectivity index is 2.51. The van der Waals surface area contributed by atoms with Crippen molar-refractivity contribution in [3.05, 3.63) is 23.8 Å². The molecule has 0 spiro atoms. The van der Waals surface area contributed by atoms with Crippen molar-refractivity contribution >= 4 is 15.5 Å². The van der Waals surface area contributed by atoms with Crippen molar-refractivity contribution in [2.45, 2.75) is 31.1 Å². The molecule has 1 aromatic carbocycles. The Morgan fingerprint density at radius 1 is 1.15 bits per heavy atom. The van der Waals surface area contributed by atoms with E-state index in [2.05, 4.69) is 25.7 Å². The van der Waals surface area contributed by atoms with Gasteiger partial charge in [-0.25, -0.2) is 8.42 Å². The summed E-state index contributed by atoms with van der Waals surface area (Å²) in [4.78, 5) is 2.51. The van der Waals surface area contributed by atoms with Crippen molar-refractivity contribution in [1.82, 2.24) is 0 Å². The molecule has 1 saturated heterocycles. The summed E-state index contributed by atoms with van der Waals surface area (Å²) in [6.45, 7) is 9.01. The maximum atomic E-state index is 12.1. The molecular formula is C15H23NO3S. The molecule has 1 heterocycles. The van der Waals surface area contributed by atoms with Crippen molar-refractivity contribution < 1.29 is 13.2 Å². The van der Waals surface area contributed by atoms with Gasteiger partial charge in [0.1, 0.15) is 0 Å². The van der Waals surface area contributed by atoms with Crippen molar-refractivity contribution in [2.24, 2.45) is 0 Å². The van der Waals surface area contributed by atoms with E-state index in [-0.39, 0.29) is 5.41 Å². The van der Waals surface area contributed by atoms with Gasteiger partial charge in [0.15, 0.2) is 9.84 Å². The first-order chi connectivity index (χ1) is 9.19. The summed E-state index contributed by atoms with van der Waals surface area (Å²) >= 11 is 0. The molecule has 0 amide bonds. The monoisotopic (exact) mass is 297 g/mol. The largest absolute Gasteiger partial charge is 0.378 e. The molecule has 0 aromatic heterocycles. The zero-order valence-electron chi connectivity index (χ0n) is 12.6. The van der Waals surface area contributed by atoms with E-state index in [0.717, 1.165) is 24.3 Å². The molecule has 1 aliphatic heterocycles. The molecule has 20 heavy (non-hydrogen) atoms. The van der Waals surface area contributed by atoms with E-state index in [4.69, 9.17) is 4.74 Å². The fourth-order valence-electron chi connectivity index (χ4n) is 2.34. The first kappa shape index (κ1) is 15.3. The Labute approximate surface area is 121 Å². The van der Waals surface area contributed by atoms with Crippen LogP contribution in [0.15, 0.2) is 23.1 Å². The van der Waals surface area contributed by atoms with E-state index in [1.54, 1.807) is 0 Å². The molecule has 1 aliphatic rings. The molecular weight excluding hydrogens is 274 g/mol. The molecule has 0 radical (unpaired) electrons. The third kappa shape index (κ3) is 3.33. The molecule has 0 unspecified atom stereocenters. The van der Waals surface area contributed by atoms with Crippen LogP contribution in [0.4, 0.5) is 5.69 Å². The van der Waals surface area contributed by atoms with Crippen LogP contribution in [0.5, 0.6) is 0 Å². The maximum absolute atomic E-state index is 12.1. The van der Waals surface area contributed by atoms with Gasteiger partial charge in [-0.1, -0.05) is 26.8 Å². The number of ether oxygens (including phenoxy) is 1. The van der Waals surface area contributed by atoms with Gasteiger partial charge in [-0.3, -0.25) is 0 Å². The smallest absolute Gasteiger partial charge is 0.177 e. The van der Waals surface area contributed by atoms with Crippen LogP contribution in [-0.4, -0.2) is 41.0 Å². The van der Waals surface area contributed by atoms with E-state index < -0.39 is 9.84 Å². The Kier molecular flexibility index (Phi) is 4.12. The number of morpholine rings is 1. The number of hydrogen-bond acceptors (Lipinski definition) is 4. The second-order valence-electron chi connectivity index (χ2n) is 6.30. The Morgan fingerprint density at radius 2 is 1.75 bits per heavy atom. The Morgan fingerprint density at radius 3 is 2.25 bits per heavy atom. The number of sulfone groups is 1. The lowest BCUT2D eigenvalue weighted by Gasteiger charge is -2.31.